The number of rotatable bonds is 12. The van der Waals surface area contributed by atoms with Crippen LogP contribution in [0.2, 0.25) is 0 Å². The van der Waals surface area contributed by atoms with Gasteiger partial charge in [-0.05, 0) is 100 Å². The number of carbonyl (C=O) groups excluding carboxylic acids is 4. The van der Waals surface area contributed by atoms with Gasteiger partial charge in [-0.15, -0.1) is 0 Å². The number of amides is 4. The molecule has 0 bridgehead atoms. The molecule has 0 spiro atoms. The predicted octanol–water partition coefficient (Wildman–Crippen LogP) is 6.84. The van der Waals surface area contributed by atoms with E-state index in [1.807, 2.05) is 18.2 Å². The molecular formula is C43H49F2N7O6. The van der Waals surface area contributed by atoms with E-state index >= 15 is 0 Å². The fourth-order valence-electron chi connectivity index (χ4n) is 8.99. The smallest absolute Gasteiger partial charge is 0.287 e. The van der Waals surface area contributed by atoms with E-state index in [0.29, 0.717) is 58.8 Å². The van der Waals surface area contributed by atoms with Crippen molar-refractivity contribution in [2.75, 3.05) is 43.9 Å². The first-order valence-corrected chi connectivity index (χ1v) is 20.3. The van der Waals surface area contributed by atoms with Gasteiger partial charge in [-0.25, -0.2) is 9.97 Å². The highest BCUT2D eigenvalue weighted by Crippen LogP contribution is 2.39. The first-order valence-electron chi connectivity index (χ1n) is 20.3. The molecular weight excluding hydrogens is 749 g/mol. The van der Waals surface area contributed by atoms with Gasteiger partial charge in [0.1, 0.15) is 28.7 Å². The highest BCUT2D eigenvalue weighted by Gasteiger charge is 2.40. The number of piperidine rings is 2. The van der Waals surface area contributed by atoms with E-state index in [9.17, 15) is 28.0 Å². The Labute approximate surface area is 335 Å². The van der Waals surface area contributed by atoms with E-state index < -0.39 is 29.5 Å². The van der Waals surface area contributed by atoms with Gasteiger partial charge in [0.05, 0.1) is 18.4 Å². The number of pyridine rings is 1. The van der Waals surface area contributed by atoms with E-state index in [1.165, 1.54) is 25.3 Å². The van der Waals surface area contributed by atoms with Crippen LogP contribution >= 0.6 is 0 Å². The Bertz CT molecular complexity index is 2210. The Kier molecular flexibility index (Phi) is 11.2. The number of halogens is 2. The molecule has 1 atom stereocenters. The summed E-state index contributed by atoms with van der Waals surface area (Å²) in [5.41, 5.74) is 3.18. The summed E-state index contributed by atoms with van der Waals surface area (Å²) in [4.78, 5) is 63.4. The molecule has 1 unspecified atom stereocenters. The minimum absolute atomic E-state index is 0.136. The SMILES string of the molecule is COc1cc2nc(C3CCC(CN4CCC(CCNc5cccc6c5C(=O)N(C5CCC(=O)NC5=O)C6)CC4)CC3)oc2cc1NC(=O)c1cccc(C(C)(F)F)n1. The number of nitrogens with zero attached hydrogens (tertiary/aromatic N) is 4. The van der Waals surface area contributed by atoms with Gasteiger partial charge in [-0.2, -0.15) is 8.78 Å². The summed E-state index contributed by atoms with van der Waals surface area (Å²) < 4.78 is 39.4. The van der Waals surface area contributed by atoms with Crippen molar-refractivity contribution in [1.29, 1.82) is 0 Å². The minimum Gasteiger partial charge on any atom is -0.494 e. The Morgan fingerprint density at radius 3 is 2.48 bits per heavy atom. The number of oxazole rings is 1. The molecule has 4 aliphatic rings. The first-order chi connectivity index (χ1) is 27.9. The quantitative estimate of drug-likeness (QED) is 0.130. The molecule has 2 aromatic heterocycles. The molecule has 4 aromatic rings. The van der Waals surface area contributed by atoms with Crippen LogP contribution in [0.3, 0.4) is 0 Å². The molecule has 3 aliphatic heterocycles. The topological polar surface area (TPSA) is 159 Å². The second kappa shape index (κ2) is 16.4. The second-order valence-electron chi connectivity index (χ2n) is 16.2. The van der Waals surface area contributed by atoms with Crippen molar-refractivity contribution in [1.82, 2.24) is 25.1 Å². The third-order valence-electron chi connectivity index (χ3n) is 12.2. The lowest BCUT2D eigenvalue weighted by molar-refractivity contribution is -0.136. The maximum absolute atomic E-state index is 13.8. The van der Waals surface area contributed by atoms with E-state index in [2.05, 4.69) is 25.8 Å². The Morgan fingerprint density at radius 1 is 0.966 bits per heavy atom. The molecule has 3 fully saturated rings. The molecule has 1 aliphatic carbocycles. The van der Waals surface area contributed by atoms with Crippen LogP contribution in [0.4, 0.5) is 20.2 Å². The molecule has 3 N–H and O–H groups in total. The van der Waals surface area contributed by atoms with Crippen LogP contribution in [0.1, 0.15) is 109 Å². The number of ether oxygens (including phenoxy) is 1. The summed E-state index contributed by atoms with van der Waals surface area (Å²) in [7, 11) is 1.48. The number of imide groups is 1. The van der Waals surface area contributed by atoms with Crippen molar-refractivity contribution in [3.05, 3.63) is 76.9 Å². The number of hydrogen-bond donors (Lipinski definition) is 3. The standard InChI is InChI=1S/C43H49F2N7O6/c1-43(44,45)36-8-4-7-30(47-36)39(54)48-31-22-35-32(21-34(31)57-2)49-41(58-35)27-11-9-26(10-12-27)23-51-19-16-25(17-20-51)15-18-46-29-6-3-5-28-24-52(42(56)38(28)29)33-13-14-37(53)50-40(33)55/h3-8,21-22,25-27,33,46H,9-20,23-24H2,1-2H3,(H,48,54)(H,50,53,55). The fourth-order valence-corrected chi connectivity index (χ4v) is 8.99. The summed E-state index contributed by atoms with van der Waals surface area (Å²) in [6, 6.07) is 12.5. The third-order valence-corrected chi connectivity index (χ3v) is 12.2. The molecule has 58 heavy (non-hydrogen) atoms. The molecule has 306 valence electrons. The van der Waals surface area contributed by atoms with Gasteiger partial charge in [-0.3, -0.25) is 24.5 Å². The molecule has 2 saturated heterocycles. The van der Waals surface area contributed by atoms with Crippen LogP contribution < -0.4 is 20.7 Å². The van der Waals surface area contributed by atoms with Gasteiger partial charge in [0.25, 0.3) is 17.7 Å². The van der Waals surface area contributed by atoms with Gasteiger partial charge < -0.3 is 29.6 Å². The van der Waals surface area contributed by atoms with E-state index in [-0.39, 0.29) is 29.8 Å². The van der Waals surface area contributed by atoms with E-state index in [4.69, 9.17) is 14.1 Å². The summed E-state index contributed by atoms with van der Waals surface area (Å²) in [5.74, 6) is -2.22. The van der Waals surface area contributed by atoms with Gasteiger partial charge in [0.15, 0.2) is 11.5 Å². The van der Waals surface area contributed by atoms with Crippen molar-refractivity contribution < 1.29 is 37.1 Å². The average molecular weight is 798 g/mol. The van der Waals surface area contributed by atoms with E-state index in [0.717, 1.165) is 89.3 Å². The van der Waals surface area contributed by atoms with Crippen molar-refractivity contribution in [3.63, 3.8) is 0 Å². The van der Waals surface area contributed by atoms with E-state index in [1.54, 1.807) is 17.0 Å². The van der Waals surface area contributed by atoms with Gasteiger partial charge in [-0.1, -0.05) is 18.2 Å². The fraction of sp³-hybridized carbons (Fsp3) is 0.488. The lowest BCUT2D eigenvalue weighted by atomic mass is 9.81. The van der Waals surface area contributed by atoms with Crippen LogP contribution in [-0.2, 0) is 22.1 Å². The number of nitrogens with one attached hydrogen (secondary N) is 3. The number of hydrogen-bond acceptors (Lipinski definition) is 10. The Balaban J connectivity index is 0.786. The molecule has 1 saturated carbocycles. The number of benzene rings is 2. The number of methoxy groups -OCH3 is 1. The minimum atomic E-state index is -3.18. The lowest BCUT2D eigenvalue weighted by Crippen LogP contribution is -2.52. The number of carbonyl (C=O) groups is 4. The van der Waals surface area contributed by atoms with Gasteiger partial charge in [0.2, 0.25) is 11.8 Å². The first kappa shape index (κ1) is 39.4. The molecule has 0 radical (unpaired) electrons. The van der Waals surface area contributed by atoms with Crippen LogP contribution in [0, 0.1) is 11.8 Å². The normalized spacial score (nSPS) is 21.9. The third kappa shape index (κ3) is 8.40. The molecule has 2 aromatic carbocycles. The highest BCUT2D eigenvalue weighted by molar-refractivity contribution is 6.08. The summed E-state index contributed by atoms with van der Waals surface area (Å²) in [5, 5.41) is 8.62. The van der Waals surface area contributed by atoms with Crippen molar-refractivity contribution in [3.8, 4) is 5.75 Å². The van der Waals surface area contributed by atoms with Crippen LogP contribution in [0.15, 0.2) is 52.9 Å². The monoisotopic (exact) mass is 797 g/mol. The second-order valence-corrected chi connectivity index (χ2v) is 16.2. The van der Waals surface area contributed by atoms with Crippen molar-refractivity contribution >= 4 is 46.1 Å². The number of aromatic nitrogens is 2. The number of likely N-dealkylation sites (tertiary alicyclic amines) is 1. The number of fused-ring (bicyclic) bond motifs is 2. The van der Waals surface area contributed by atoms with Gasteiger partial charge in [0, 0.05) is 56.7 Å². The zero-order chi connectivity index (χ0) is 40.6. The molecule has 15 heteroatoms. The van der Waals surface area contributed by atoms with Crippen LogP contribution in [0.5, 0.6) is 5.75 Å². The van der Waals surface area contributed by atoms with Crippen molar-refractivity contribution in [2.24, 2.45) is 11.8 Å². The Hall–Kier alpha value is -5.44. The van der Waals surface area contributed by atoms with Crippen LogP contribution in [-0.4, -0.2) is 82.7 Å². The summed E-state index contributed by atoms with van der Waals surface area (Å²) >= 11 is 0. The molecule has 4 amide bonds. The average Bonchev–Trinajstić information content (AvgIpc) is 3.78. The lowest BCUT2D eigenvalue weighted by Gasteiger charge is -2.36. The predicted molar refractivity (Wildman–Crippen MR) is 212 cm³/mol. The molecule has 8 rings (SSSR count). The number of alkyl halides is 2. The maximum atomic E-state index is 13.8. The highest BCUT2D eigenvalue weighted by atomic mass is 19.3. The summed E-state index contributed by atoms with van der Waals surface area (Å²) in [6.45, 7) is 5.11. The molecule has 5 heterocycles. The van der Waals surface area contributed by atoms with Crippen LogP contribution in [0.25, 0.3) is 11.1 Å². The van der Waals surface area contributed by atoms with Crippen molar-refractivity contribution in [2.45, 2.75) is 89.1 Å². The summed E-state index contributed by atoms with van der Waals surface area (Å²) in [6.07, 6.45) is 8.00. The zero-order valence-corrected chi connectivity index (χ0v) is 32.8. The zero-order valence-electron chi connectivity index (χ0n) is 32.8. The largest absolute Gasteiger partial charge is 0.494 e. The maximum Gasteiger partial charge on any atom is 0.287 e. The number of anilines is 2. The van der Waals surface area contributed by atoms with Gasteiger partial charge >= 0.3 is 0 Å². The Morgan fingerprint density at radius 2 is 1.74 bits per heavy atom. The molecule has 13 nitrogen and oxygen atoms in total.